The number of aromatic nitrogens is 2. The van der Waals surface area contributed by atoms with Crippen molar-refractivity contribution < 1.29 is 8.23 Å². The van der Waals surface area contributed by atoms with Gasteiger partial charge >= 0.3 is 8.88 Å². The third-order valence-electron chi connectivity index (χ3n) is 19.8. The maximum atomic E-state index is 9.15. The Kier molecular flexibility index (Phi) is 16.4. The van der Waals surface area contributed by atoms with Crippen molar-refractivity contribution in [1.82, 2.24) is 8.47 Å². The van der Waals surface area contributed by atoms with Gasteiger partial charge in [-0.1, -0.05) is 269 Å². The number of aliphatic imine (C=N–C) groups is 4. The van der Waals surface area contributed by atoms with Gasteiger partial charge in [-0.05, 0) is 108 Å². The lowest BCUT2D eigenvalue weighted by molar-refractivity contribution is 0.332. The number of amidine groups is 4. The maximum Gasteiger partial charge on any atom is 0.582 e. The molecular formula is C84H78N8O2Si3. The molecule has 6 heterocycles. The van der Waals surface area contributed by atoms with Crippen LogP contribution in [0.25, 0.3) is 87.6 Å². The fourth-order valence-electron chi connectivity index (χ4n) is 15.4. The minimum absolute atomic E-state index is 0.545. The fraction of sp³-hybridized carbons (Fsp3) is 0.190. The second kappa shape index (κ2) is 25.6. The molecule has 12 aromatic rings. The summed E-state index contributed by atoms with van der Waals surface area (Å²) in [6.45, 7) is 17.9. The highest BCUT2D eigenvalue weighted by molar-refractivity contribution is 6.88. The smallest absolute Gasteiger partial charge is 0.404 e. The van der Waals surface area contributed by atoms with E-state index in [4.69, 9.17) is 38.2 Å². The summed E-state index contributed by atoms with van der Waals surface area (Å²) in [4.78, 5) is 36.6. The van der Waals surface area contributed by atoms with Crippen molar-refractivity contribution in [2.45, 2.75) is 102 Å². The van der Waals surface area contributed by atoms with E-state index in [-0.39, 0.29) is 0 Å². The summed E-state index contributed by atoms with van der Waals surface area (Å²) >= 11 is 0. The average molecular weight is 1320 g/mol. The molecule has 2 aromatic heterocycles. The van der Waals surface area contributed by atoms with Crippen LogP contribution in [0.3, 0.4) is 0 Å². The third kappa shape index (κ3) is 10.9. The number of nitrogens with zero attached hydrogens (tertiary/aromatic N) is 8. The SMILES string of the molecule is C=CCCCCCC[Si](C)(C)O[Si]1(O[Si](C)(C)CCCCCCC=C)n2c3c4c(-c5ccccc5)c5ccccc5c(-c5ccccc5)c4c2N=C2N=C(N=c4c5c(-c6ccccc6)c6ccccc6c(-c6ccccc6)c5c(n41)=NC1=NC(=N3)c3ccccc31)c1ccccc12. The Hall–Kier alpha value is -9.87. The molecule has 13 heteroatoms. The fourth-order valence-corrected chi connectivity index (χ4v) is 28.1. The van der Waals surface area contributed by atoms with Crippen LogP contribution in [-0.4, -0.2) is 57.3 Å². The predicted molar refractivity (Wildman–Crippen MR) is 411 cm³/mol. The highest BCUT2D eigenvalue weighted by Crippen LogP contribution is 2.55. The van der Waals surface area contributed by atoms with Crippen LogP contribution in [0.15, 0.2) is 274 Å². The Morgan fingerprint density at radius 3 is 0.948 bits per heavy atom. The molecule has 0 saturated carbocycles. The van der Waals surface area contributed by atoms with Crippen LogP contribution in [0.5, 0.6) is 0 Å². The number of rotatable bonds is 22. The van der Waals surface area contributed by atoms with E-state index in [9.17, 15) is 0 Å². The Balaban J connectivity index is 1.22. The van der Waals surface area contributed by atoms with Crippen LogP contribution in [0.1, 0.15) is 86.5 Å². The molecule has 6 bridgehead atoms. The molecule has 0 aliphatic carbocycles. The molecule has 0 radical (unpaired) electrons. The van der Waals surface area contributed by atoms with Crippen LogP contribution in [0, 0.1) is 0 Å². The summed E-state index contributed by atoms with van der Waals surface area (Å²) in [5.41, 5.74) is 13.0. The number of hydrogen-bond donors (Lipinski definition) is 0. The molecule has 0 amide bonds. The van der Waals surface area contributed by atoms with Gasteiger partial charge < -0.3 is 8.23 Å². The van der Waals surface area contributed by atoms with Gasteiger partial charge in [0.1, 0.15) is 22.6 Å². The quantitative estimate of drug-likeness (QED) is 0.0383. The Bertz CT molecular complexity index is 5080. The van der Waals surface area contributed by atoms with Crippen molar-refractivity contribution in [3.05, 3.63) is 277 Å². The van der Waals surface area contributed by atoms with Crippen LogP contribution >= 0.6 is 0 Å². The zero-order valence-electron chi connectivity index (χ0n) is 55.7. The van der Waals surface area contributed by atoms with Gasteiger partial charge in [-0.3, -0.25) is 8.47 Å². The zero-order chi connectivity index (χ0) is 65.8. The summed E-state index contributed by atoms with van der Waals surface area (Å²) in [6.07, 6.45) is 14.6. The molecule has 0 atom stereocenters. The molecule has 0 unspecified atom stereocenters. The zero-order valence-corrected chi connectivity index (χ0v) is 58.7. The van der Waals surface area contributed by atoms with Crippen LogP contribution in [-0.2, 0) is 8.23 Å². The number of fused-ring (bicyclic) bond motifs is 16. The molecule has 10 aromatic carbocycles. The first-order valence-electron chi connectivity index (χ1n) is 34.6. The van der Waals surface area contributed by atoms with E-state index in [1.54, 1.807) is 0 Å². The van der Waals surface area contributed by atoms with E-state index in [0.29, 0.717) is 46.0 Å². The maximum absolute atomic E-state index is 9.15. The summed E-state index contributed by atoms with van der Waals surface area (Å²) in [5, 5.41) is 7.95. The van der Waals surface area contributed by atoms with Crippen molar-refractivity contribution in [3.63, 3.8) is 0 Å². The van der Waals surface area contributed by atoms with E-state index >= 15 is 0 Å². The van der Waals surface area contributed by atoms with Gasteiger partial charge in [-0.2, -0.15) is 0 Å². The highest BCUT2D eigenvalue weighted by Gasteiger charge is 2.58. The minimum atomic E-state index is -4.87. The lowest BCUT2D eigenvalue weighted by Crippen LogP contribution is -2.70. The van der Waals surface area contributed by atoms with Crippen LogP contribution in [0.4, 0.5) is 11.6 Å². The molecule has 16 rings (SSSR count). The van der Waals surface area contributed by atoms with Gasteiger partial charge in [-0.15, -0.1) is 13.2 Å². The molecule has 97 heavy (non-hydrogen) atoms. The lowest BCUT2D eigenvalue weighted by Gasteiger charge is -2.43. The monoisotopic (exact) mass is 1310 g/mol. The van der Waals surface area contributed by atoms with E-state index in [0.717, 1.165) is 186 Å². The van der Waals surface area contributed by atoms with Crippen molar-refractivity contribution in [3.8, 4) is 44.5 Å². The number of hydrogen-bond acceptors (Lipinski definition) is 8. The second-order valence-corrected chi connectivity index (χ2v) is 39.0. The molecular weight excluding hydrogens is 1240 g/mol. The standard InChI is InChI=1S/C84H78N8O2Si3/c1-7-9-11-13-15-37-55-95(3,4)93-97(94-96(5,6)56-38-16-14-12-10-8-2)91-81-73-69(57-39-21-17-22-40-57)61-47-29-30-48-62(61)70(58-41-23-18-24-42-58)74(73)82(91)88-78-67-53-35-36-54-68(67)80(86-78)90-84-76-72(60-45-27-20-28-46-60)64-50-32-31-49-63(64)71(59-43-25-19-26-44-59)75(76)83(92(84)97)89-79-66-52-34-33-51-65(66)77(85-79)87-81/h7-8,17-36,39-54H,1-2,9-16,37-38,55-56H2,3-6H3. The van der Waals surface area contributed by atoms with Crippen molar-refractivity contribution in [1.29, 1.82) is 0 Å². The van der Waals surface area contributed by atoms with Gasteiger partial charge in [0.25, 0.3) is 0 Å². The normalized spacial score (nSPS) is 14.3. The summed E-state index contributed by atoms with van der Waals surface area (Å²) < 4.78 is 23.2. The summed E-state index contributed by atoms with van der Waals surface area (Å²) in [7, 11) is -11.0. The van der Waals surface area contributed by atoms with E-state index in [1.165, 1.54) is 0 Å². The van der Waals surface area contributed by atoms with Gasteiger partial charge in [0.2, 0.25) is 0 Å². The lowest BCUT2D eigenvalue weighted by atomic mass is 9.87. The Labute approximate surface area is 570 Å². The first-order valence-corrected chi connectivity index (χ1v) is 42.6. The van der Waals surface area contributed by atoms with Gasteiger partial charge in [0.15, 0.2) is 40.0 Å². The summed E-state index contributed by atoms with van der Waals surface area (Å²) in [5.74, 6) is 3.47. The number of benzene rings is 10. The van der Waals surface area contributed by atoms with E-state index < -0.39 is 25.5 Å². The topological polar surface area (TPSA) is 102 Å². The average Bonchev–Trinajstić information content (AvgIpc) is 1.51. The molecule has 0 spiro atoms. The van der Waals surface area contributed by atoms with Crippen molar-refractivity contribution in [2.75, 3.05) is 0 Å². The highest BCUT2D eigenvalue weighted by atomic mass is 28.5. The van der Waals surface area contributed by atoms with Gasteiger partial charge in [0, 0.05) is 66.1 Å². The van der Waals surface area contributed by atoms with Crippen molar-refractivity contribution in [2.24, 2.45) is 30.0 Å². The predicted octanol–water partition coefficient (Wildman–Crippen LogP) is 21.1. The number of allylic oxidation sites excluding steroid dienone is 2. The molecule has 4 aliphatic rings. The van der Waals surface area contributed by atoms with Gasteiger partial charge in [0.05, 0.1) is 0 Å². The molecule has 0 N–H and O–H groups in total. The van der Waals surface area contributed by atoms with Gasteiger partial charge in [-0.25, -0.2) is 30.0 Å². The second-order valence-electron chi connectivity index (χ2n) is 27.3. The number of unbranched alkanes of at least 4 members (excludes halogenated alkanes) is 8. The third-order valence-corrected chi connectivity index (χ3v) is 31.4. The molecule has 0 fully saturated rings. The van der Waals surface area contributed by atoms with Crippen molar-refractivity contribution >= 4 is 104 Å². The molecule has 10 nitrogen and oxygen atoms in total. The first-order chi connectivity index (χ1) is 47.5. The van der Waals surface area contributed by atoms with Crippen LogP contribution < -0.4 is 11.0 Å². The largest absolute Gasteiger partial charge is 0.582 e. The van der Waals surface area contributed by atoms with E-state index in [2.05, 4.69) is 266 Å². The molecule has 0 saturated heterocycles. The molecule has 4 aliphatic heterocycles. The Morgan fingerprint density at radius 2 is 0.619 bits per heavy atom. The summed E-state index contributed by atoms with van der Waals surface area (Å²) in [6, 6.07) is 80.1. The Morgan fingerprint density at radius 1 is 0.330 bits per heavy atom. The van der Waals surface area contributed by atoms with Crippen LogP contribution in [0.2, 0.25) is 38.3 Å². The molecule has 478 valence electrons. The minimum Gasteiger partial charge on any atom is -0.404 e. The van der Waals surface area contributed by atoms with E-state index in [1.807, 2.05) is 12.2 Å². The first kappa shape index (κ1) is 62.0.